The highest BCUT2D eigenvalue weighted by Gasteiger charge is 2.84. The topological polar surface area (TPSA) is 109 Å². The molecule has 2 spiro atoms. The zero-order valence-electron chi connectivity index (χ0n) is 29.1. The second-order valence-corrected chi connectivity index (χ2v) is 18.3. The van der Waals surface area contributed by atoms with Crippen LogP contribution in [0.1, 0.15) is 106 Å². The lowest BCUT2D eigenvalue weighted by atomic mass is 9.41. The van der Waals surface area contributed by atoms with Crippen LogP contribution in [-0.2, 0) is 14.2 Å². The van der Waals surface area contributed by atoms with Crippen LogP contribution in [0.2, 0.25) is 0 Å². The lowest BCUT2D eigenvalue weighted by molar-refractivity contribution is -0.184. The smallest absolute Gasteiger partial charge is 0.410 e. The Kier molecular flexibility index (Phi) is 7.20. The molecule has 0 aromatic rings. The van der Waals surface area contributed by atoms with E-state index in [0.717, 1.165) is 77.5 Å². The van der Waals surface area contributed by atoms with Crippen molar-refractivity contribution in [2.45, 2.75) is 142 Å². The maximum absolute atomic E-state index is 12.8. The summed E-state index contributed by atoms with van der Waals surface area (Å²) in [6.07, 6.45) is 9.08. The van der Waals surface area contributed by atoms with Crippen molar-refractivity contribution in [3.8, 4) is 0 Å². The Morgan fingerprint density at radius 2 is 1.67 bits per heavy atom. The summed E-state index contributed by atoms with van der Waals surface area (Å²) in [5.41, 5.74) is 0.248. The van der Waals surface area contributed by atoms with Crippen molar-refractivity contribution in [2.75, 3.05) is 26.2 Å². The maximum atomic E-state index is 12.8. The first kappa shape index (κ1) is 31.7. The minimum absolute atomic E-state index is 0.0144. The summed E-state index contributed by atoms with van der Waals surface area (Å²) in [5.74, 6) is 1.45. The molecule has 3 saturated heterocycles. The fraction of sp³-hybridized carbons (Fsp3) is 0.946. The van der Waals surface area contributed by atoms with Gasteiger partial charge in [-0.2, -0.15) is 0 Å². The van der Waals surface area contributed by atoms with E-state index in [1.165, 1.54) is 12.8 Å². The number of hydrogen-bond acceptors (Lipinski definition) is 7. The maximum Gasteiger partial charge on any atom is 0.410 e. The number of amides is 2. The average molecular weight is 642 g/mol. The first-order valence-corrected chi connectivity index (χ1v) is 18.8. The minimum atomic E-state index is -0.530. The first-order valence-electron chi connectivity index (χ1n) is 18.8. The van der Waals surface area contributed by atoms with Crippen molar-refractivity contribution in [2.24, 2.45) is 50.7 Å². The third-order valence-corrected chi connectivity index (χ3v) is 16.2. The molecule has 3 N–H and O–H groups in total. The van der Waals surface area contributed by atoms with E-state index >= 15 is 0 Å². The van der Waals surface area contributed by atoms with Gasteiger partial charge in [0.1, 0.15) is 12.2 Å². The van der Waals surface area contributed by atoms with Gasteiger partial charge in [0.05, 0.1) is 24.4 Å². The molecule has 2 amide bonds. The van der Waals surface area contributed by atoms with Gasteiger partial charge in [-0.15, -0.1) is 0 Å². The summed E-state index contributed by atoms with van der Waals surface area (Å²) in [5, 5.41) is 18.8. The normalized spacial score (nSPS) is 49.1. The molecule has 8 rings (SSSR count). The average Bonchev–Trinajstić information content (AvgIpc) is 3.59. The largest absolute Gasteiger partial charge is 0.446 e. The lowest BCUT2D eigenvalue weighted by Gasteiger charge is -2.63. The number of rotatable bonds is 5. The summed E-state index contributed by atoms with van der Waals surface area (Å²) in [4.78, 5) is 27.4. The van der Waals surface area contributed by atoms with Crippen LogP contribution in [0.25, 0.3) is 0 Å². The number of likely N-dealkylation sites (tertiary alicyclic amines) is 1. The molecule has 0 radical (unpaired) electrons. The third-order valence-electron chi connectivity index (χ3n) is 16.2. The number of aliphatic hydroxyl groups excluding tert-OH is 1. The predicted octanol–water partition coefficient (Wildman–Crippen LogP) is 5.49. The molecule has 0 aromatic heterocycles. The number of fused-ring (bicyclic) bond motifs is 4. The van der Waals surface area contributed by atoms with E-state index in [2.05, 4.69) is 52.2 Å². The molecular weight excluding hydrogens is 582 g/mol. The lowest BCUT2D eigenvalue weighted by Crippen LogP contribution is -2.60. The SMILES string of the molecule is CC(C)C(OC(=O)N1CCC1)C1CC[C@H]2C(O1)[C@H](O)[C@@]1(C)C3CC[C@H]4C(C)(C)C(OC(=O)NC5CNC5)CCC45CC35CCC21C. The van der Waals surface area contributed by atoms with Crippen LogP contribution in [0.4, 0.5) is 9.59 Å². The van der Waals surface area contributed by atoms with Gasteiger partial charge in [-0.3, -0.25) is 0 Å². The van der Waals surface area contributed by atoms with Gasteiger partial charge in [0.2, 0.25) is 0 Å². The Morgan fingerprint density at radius 1 is 0.957 bits per heavy atom. The van der Waals surface area contributed by atoms with Gasteiger partial charge in [0.25, 0.3) is 0 Å². The first-order chi connectivity index (χ1) is 21.8. The zero-order chi connectivity index (χ0) is 32.4. The van der Waals surface area contributed by atoms with Crippen molar-refractivity contribution < 1.29 is 28.9 Å². The van der Waals surface area contributed by atoms with Crippen molar-refractivity contribution >= 4 is 12.2 Å². The summed E-state index contributed by atoms with van der Waals surface area (Å²) in [7, 11) is 0. The fourth-order valence-corrected chi connectivity index (χ4v) is 13.3. The molecule has 8 fully saturated rings. The number of aliphatic hydroxyl groups is 1. The Bertz CT molecular complexity index is 1250. The summed E-state index contributed by atoms with van der Waals surface area (Å²) in [6, 6.07) is 0.183. The number of nitrogens with one attached hydrogen (secondary N) is 2. The van der Waals surface area contributed by atoms with Crippen LogP contribution in [0.5, 0.6) is 0 Å². The van der Waals surface area contributed by atoms with Gasteiger partial charge in [-0.1, -0.05) is 41.5 Å². The fourth-order valence-electron chi connectivity index (χ4n) is 13.3. The third kappa shape index (κ3) is 4.09. The van der Waals surface area contributed by atoms with E-state index in [0.29, 0.717) is 17.8 Å². The molecule has 9 heteroatoms. The van der Waals surface area contributed by atoms with Gasteiger partial charge in [-0.05, 0) is 104 Å². The van der Waals surface area contributed by atoms with Gasteiger partial charge in [0, 0.05) is 37.0 Å². The minimum Gasteiger partial charge on any atom is -0.446 e. The number of alkyl carbamates (subject to hydrolysis) is 1. The number of ether oxygens (including phenoxy) is 3. The van der Waals surface area contributed by atoms with E-state index < -0.39 is 6.10 Å². The van der Waals surface area contributed by atoms with Gasteiger partial charge >= 0.3 is 12.2 Å². The molecule has 8 aliphatic rings. The Balaban J connectivity index is 1.01. The summed E-state index contributed by atoms with van der Waals surface area (Å²) >= 11 is 0. The van der Waals surface area contributed by atoms with E-state index in [9.17, 15) is 14.7 Å². The molecule has 8 unspecified atom stereocenters. The summed E-state index contributed by atoms with van der Waals surface area (Å²) in [6.45, 7) is 17.0. The number of carbonyl (C=O) groups excluding carboxylic acids is 2. The van der Waals surface area contributed by atoms with E-state index in [1.54, 1.807) is 4.90 Å². The standard InChI is InChI=1S/C37H59N3O6/c1-21(2)28(46-32(43)40-16-7-17-40)24-9-8-23-29(44-24)30(41)35(6)26-11-10-25-33(3,4)27(45-31(42)39-22-18-38-19-22)12-13-36(25)20-37(26,36)15-14-34(23,35)5/h21-30,38,41H,7-20H2,1-6H3,(H,39,42)/t23-,24?,25-,26?,27?,28?,29?,30-,34?,35+,36?,37?/m0/s1. The monoisotopic (exact) mass is 641 g/mol. The molecule has 12 atom stereocenters. The van der Waals surface area contributed by atoms with E-state index in [-0.39, 0.29) is 75.6 Å². The second kappa shape index (κ2) is 10.5. The molecule has 0 bridgehead atoms. The van der Waals surface area contributed by atoms with Crippen LogP contribution >= 0.6 is 0 Å². The van der Waals surface area contributed by atoms with Crippen molar-refractivity contribution in [1.82, 2.24) is 15.5 Å². The second-order valence-electron chi connectivity index (χ2n) is 18.3. The quantitative estimate of drug-likeness (QED) is 0.365. The highest BCUT2D eigenvalue weighted by Crippen LogP contribution is 2.89. The number of nitrogens with zero attached hydrogens (tertiary/aromatic N) is 1. The number of hydrogen-bond donors (Lipinski definition) is 3. The Hall–Kier alpha value is -1.58. The molecular formula is C37H59N3O6. The Labute approximate surface area is 275 Å². The number of carbonyl (C=O) groups is 2. The molecule has 5 aliphatic carbocycles. The van der Waals surface area contributed by atoms with Crippen LogP contribution in [0.3, 0.4) is 0 Å². The summed E-state index contributed by atoms with van der Waals surface area (Å²) < 4.78 is 19.2. The zero-order valence-corrected chi connectivity index (χ0v) is 29.1. The molecule has 3 heterocycles. The van der Waals surface area contributed by atoms with Gasteiger partial charge < -0.3 is 34.9 Å². The molecule has 3 aliphatic heterocycles. The highest BCUT2D eigenvalue weighted by molar-refractivity contribution is 5.69. The molecule has 9 nitrogen and oxygen atoms in total. The predicted molar refractivity (Wildman–Crippen MR) is 173 cm³/mol. The van der Waals surface area contributed by atoms with E-state index in [1.807, 2.05) is 0 Å². The van der Waals surface area contributed by atoms with Crippen molar-refractivity contribution in [3.63, 3.8) is 0 Å². The molecule has 258 valence electrons. The van der Waals surface area contributed by atoms with E-state index in [4.69, 9.17) is 14.2 Å². The van der Waals surface area contributed by atoms with Crippen LogP contribution in [0.15, 0.2) is 0 Å². The van der Waals surface area contributed by atoms with Gasteiger partial charge in [0.15, 0.2) is 0 Å². The van der Waals surface area contributed by atoms with Crippen LogP contribution in [0, 0.1) is 50.7 Å². The van der Waals surface area contributed by atoms with Crippen molar-refractivity contribution in [1.29, 1.82) is 0 Å². The molecule has 5 saturated carbocycles. The van der Waals surface area contributed by atoms with Crippen LogP contribution in [-0.4, -0.2) is 84.9 Å². The Morgan fingerprint density at radius 3 is 2.33 bits per heavy atom. The highest BCUT2D eigenvalue weighted by atomic mass is 16.6. The van der Waals surface area contributed by atoms with Gasteiger partial charge in [-0.25, -0.2) is 9.59 Å². The molecule has 46 heavy (non-hydrogen) atoms. The van der Waals surface area contributed by atoms with Crippen molar-refractivity contribution in [3.05, 3.63) is 0 Å². The van der Waals surface area contributed by atoms with Crippen LogP contribution < -0.4 is 10.6 Å². The molecule has 0 aromatic carbocycles.